The zero-order valence-corrected chi connectivity index (χ0v) is 12.8. The first-order valence-electron chi connectivity index (χ1n) is 7.45. The number of hydrogen-bond acceptors (Lipinski definition) is 3. The molecule has 1 heterocycles. The van der Waals surface area contributed by atoms with Crippen LogP contribution in [0.3, 0.4) is 0 Å². The smallest absolute Gasteiger partial charge is 0.333 e. The topological polar surface area (TPSA) is 38.8 Å². The summed E-state index contributed by atoms with van der Waals surface area (Å²) in [7, 11) is 0. The Bertz CT molecular complexity index is 734. The van der Waals surface area contributed by atoms with Gasteiger partial charge in [-0.25, -0.2) is 9.18 Å². The van der Waals surface area contributed by atoms with Gasteiger partial charge in [0.15, 0.2) is 0 Å². The van der Waals surface area contributed by atoms with Crippen LogP contribution in [0, 0.1) is 5.82 Å². The predicted molar refractivity (Wildman–Crippen MR) is 86.2 cm³/mol. The minimum Gasteiger partial charge on any atom is -0.459 e. The Balaban J connectivity index is 1.74. The molecule has 118 valence electrons. The molecule has 1 saturated heterocycles. The molecular formula is C19H17FO3. The summed E-state index contributed by atoms with van der Waals surface area (Å²) >= 11 is 0. The summed E-state index contributed by atoms with van der Waals surface area (Å²) in [6.45, 7) is 2.56. The standard InChI is InChI=1S/C19H17FO3/c1-13(19(21)23-12-16-11-22-16)9-14-7-8-17(18(20)10-14)15-5-3-2-4-6-15/h2-10,16H,11-12H2,1H3/b13-9+. The van der Waals surface area contributed by atoms with Gasteiger partial charge in [-0.05, 0) is 30.2 Å². The molecule has 1 aliphatic rings. The van der Waals surface area contributed by atoms with E-state index in [4.69, 9.17) is 9.47 Å². The average molecular weight is 312 g/mol. The van der Waals surface area contributed by atoms with E-state index in [0.717, 1.165) is 5.56 Å². The van der Waals surface area contributed by atoms with Crippen LogP contribution in [0.1, 0.15) is 12.5 Å². The van der Waals surface area contributed by atoms with Crippen molar-refractivity contribution >= 4 is 12.0 Å². The van der Waals surface area contributed by atoms with Crippen molar-refractivity contribution in [3.05, 3.63) is 65.5 Å². The lowest BCUT2D eigenvalue weighted by Gasteiger charge is -2.06. The molecule has 0 aliphatic carbocycles. The van der Waals surface area contributed by atoms with Gasteiger partial charge in [0.05, 0.1) is 6.61 Å². The Morgan fingerprint density at radius 2 is 2.04 bits per heavy atom. The summed E-state index contributed by atoms with van der Waals surface area (Å²) in [5, 5.41) is 0. The molecule has 1 fully saturated rings. The lowest BCUT2D eigenvalue weighted by Crippen LogP contribution is -2.10. The SMILES string of the molecule is C/C(=C\c1ccc(-c2ccccc2)c(F)c1)C(=O)OCC1CO1. The van der Waals surface area contributed by atoms with Gasteiger partial charge in [0.25, 0.3) is 0 Å². The van der Waals surface area contributed by atoms with Crippen molar-refractivity contribution in [3.63, 3.8) is 0 Å². The highest BCUT2D eigenvalue weighted by Gasteiger charge is 2.24. The molecule has 1 unspecified atom stereocenters. The van der Waals surface area contributed by atoms with Gasteiger partial charge in [0, 0.05) is 11.1 Å². The maximum atomic E-state index is 14.3. The Labute approximate surface area is 134 Å². The van der Waals surface area contributed by atoms with E-state index in [-0.39, 0.29) is 18.5 Å². The predicted octanol–water partition coefficient (Wildman–Crippen LogP) is 3.84. The first kappa shape index (κ1) is 15.4. The van der Waals surface area contributed by atoms with Crippen LogP contribution in [-0.4, -0.2) is 25.3 Å². The first-order chi connectivity index (χ1) is 11.1. The van der Waals surface area contributed by atoms with E-state index in [1.54, 1.807) is 25.1 Å². The van der Waals surface area contributed by atoms with Crippen LogP contribution >= 0.6 is 0 Å². The zero-order valence-electron chi connectivity index (χ0n) is 12.8. The fourth-order valence-corrected chi connectivity index (χ4v) is 2.23. The minimum absolute atomic E-state index is 0.0364. The van der Waals surface area contributed by atoms with E-state index < -0.39 is 5.97 Å². The van der Waals surface area contributed by atoms with Gasteiger partial charge in [-0.1, -0.05) is 42.5 Å². The highest BCUT2D eigenvalue weighted by atomic mass is 19.1. The van der Waals surface area contributed by atoms with E-state index in [0.29, 0.717) is 23.3 Å². The lowest BCUT2D eigenvalue weighted by atomic mass is 10.0. The monoisotopic (exact) mass is 312 g/mol. The molecule has 0 radical (unpaired) electrons. The Morgan fingerprint density at radius 3 is 2.70 bits per heavy atom. The Morgan fingerprint density at radius 1 is 1.30 bits per heavy atom. The molecule has 1 aliphatic heterocycles. The quantitative estimate of drug-likeness (QED) is 0.478. The second-order valence-corrected chi connectivity index (χ2v) is 5.49. The molecule has 0 bridgehead atoms. The molecule has 3 rings (SSSR count). The van der Waals surface area contributed by atoms with Crippen molar-refractivity contribution in [2.75, 3.05) is 13.2 Å². The van der Waals surface area contributed by atoms with Gasteiger partial charge in [-0.3, -0.25) is 0 Å². The molecule has 23 heavy (non-hydrogen) atoms. The summed E-state index contributed by atoms with van der Waals surface area (Å²) < 4.78 is 24.4. The maximum absolute atomic E-state index is 14.3. The average Bonchev–Trinajstić information content (AvgIpc) is 3.38. The van der Waals surface area contributed by atoms with Gasteiger partial charge in [-0.15, -0.1) is 0 Å². The third-order valence-corrected chi connectivity index (χ3v) is 3.59. The number of hydrogen-bond donors (Lipinski definition) is 0. The molecule has 1 atom stereocenters. The largest absolute Gasteiger partial charge is 0.459 e. The molecule has 2 aromatic rings. The summed E-state index contributed by atoms with van der Waals surface area (Å²) in [6.07, 6.45) is 1.66. The molecule has 0 amide bonds. The maximum Gasteiger partial charge on any atom is 0.333 e. The zero-order chi connectivity index (χ0) is 16.2. The number of epoxide rings is 1. The molecule has 0 spiro atoms. The normalized spacial score (nSPS) is 17.0. The van der Waals surface area contributed by atoms with Crippen LogP contribution in [0.4, 0.5) is 4.39 Å². The van der Waals surface area contributed by atoms with Crippen molar-refractivity contribution in [2.24, 2.45) is 0 Å². The molecular weight excluding hydrogens is 295 g/mol. The van der Waals surface area contributed by atoms with E-state index in [1.807, 2.05) is 30.3 Å². The first-order valence-corrected chi connectivity index (χ1v) is 7.45. The summed E-state index contributed by atoms with van der Waals surface area (Å²) in [5.41, 5.74) is 2.41. The number of esters is 1. The van der Waals surface area contributed by atoms with Gasteiger partial charge in [0.1, 0.15) is 18.5 Å². The van der Waals surface area contributed by atoms with Gasteiger partial charge in [0.2, 0.25) is 0 Å². The highest BCUT2D eigenvalue weighted by Crippen LogP contribution is 2.24. The van der Waals surface area contributed by atoms with Crippen molar-refractivity contribution in [1.29, 1.82) is 0 Å². The van der Waals surface area contributed by atoms with Crippen LogP contribution in [0.25, 0.3) is 17.2 Å². The second-order valence-electron chi connectivity index (χ2n) is 5.49. The number of benzene rings is 2. The fraction of sp³-hybridized carbons (Fsp3) is 0.211. The Kier molecular flexibility index (Phi) is 4.53. The minimum atomic E-state index is -0.409. The van der Waals surface area contributed by atoms with Crippen molar-refractivity contribution < 1.29 is 18.7 Å². The van der Waals surface area contributed by atoms with E-state index >= 15 is 0 Å². The summed E-state index contributed by atoms with van der Waals surface area (Å²) in [5.74, 6) is -0.731. The molecule has 2 aromatic carbocycles. The van der Waals surface area contributed by atoms with Gasteiger partial charge < -0.3 is 9.47 Å². The molecule has 0 aromatic heterocycles. The highest BCUT2D eigenvalue weighted by molar-refractivity contribution is 5.93. The van der Waals surface area contributed by atoms with Crippen molar-refractivity contribution in [3.8, 4) is 11.1 Å². The number of ether oxygens (including phenoxy) is 2. The van der Waals surface area contributed by atoms with E-state index in [9.17, 15) is 9.18 Å². The van der Waals surface area contributed by atoms with Crippen LogP contribution in [0.15, 0.2) is 54.1 Å². The fourth-order valence-electron chi connectivity index (χ4n) is 2.23. The molecule has 0 saturated carbocycles. The van der Waals surface area contributed by atoms with E-state index in [2.05, 4.69) is 0 Å². The van der Waals surface area contributed by atoms with E-state index in [1.165, 1.54) is 6.07 Å². The van der Waals surface area contributed by atoms with Crippen molar-refractivity contribution in [1.82, 2.24) is 0 Å². The Hall–Kier alpha value is -2.46. The summed E-state index contributed by atoms with van der Waals surface area (Å²) in [4.78, 5) is 11.8. The number of carbonyl (C=O) groups excluding carboxylic acids is 1. The molecule has 0 N–H and O–H groups in total. The molecule has 4 heteroatoms. The van der Waals surface area contributed by atoms with Crippen LogP contribution in [-0.2, 0) is 14.3 Å². The lowest BCUT2D eigenvalue weighted by molar-refractivity contribution is -0.139. The number of carbonyl (C=O) groups is 1. The molecule has 3 nitrogen and oxygen atoms in total. The third kappa shape index (κ3) is 4.05. The second kappa shape index (κ2) is 6.75. The van der Waals surface area contributed by atoms with Crippen LogP contribution < -0.4 is 0 Å². The van der Waals surface area contributed by atoms with Crippen LogP contribution in [0.2, 0.25) is 0 Å². The third-order valence-electron chi connectivity index (χ3n) is 3.59. The van der Waals surface area contributed by atoms with Crippen LogP contribution in [0.5, 0.6) is 0 Å². The number of halogens is 1. The van der Waals surface area contributed by atoms with Crippen molar-refractivity contribution in [2.45, 2.75) is 13.0 Å². The van der Waals surface area contributed by atoms with Gasteiger partial charge in [-0.2, -0.15) is 0 Å². The van der Waals surface area contributed by atoms with Gasteiger partial charge >= 0.3 is 5.97 Å². The number of rotatable bonds is 5. The summed E-state index contributed by atoms with van der Waals surface area (Å²) in [6, 6.07) is 14.3.